The van der Waals surface area contributed by atoms with Gasteiger partial charge in [-0.05, 0) is 18.6 Å². The van der Waals surface area contributed by atoms with Gasteiger partial charge in [-0.2, -0.15) is 0 Å². The molecule has 1 aliphatic heterocycles. The molecule has 3 rings (SSSR count). The van der Waals surface area contributed by atoms with Crippen LogP contribution in [0.3, 0.4) is 0 Å². The van der Waals surface area contributed by atoms with E-state index < -0.39 is 0 Å². The highest BCUT2D eigenvalue weighted by Crippen LogP contribution is 2.31. The highest BCUT2D eigenvalue weighted by Gasteiger charge is 2.22. The van der Waals surface area contributed by atoms with Crippen LogP contribution in [0.5, 0.6) is 0 Å². The van der Waals surface area contributed by atoms with Crippen molar-refractivity contribution in [1.29, 1.82) is 0 Å². The molecule has 0 saturated heterocycles. The number of anilines is 1. The van der Waals surface area contributed by atoms with Crippen LogP contribution in [-0.2, 0) is 9.59 Å². The van der Waals surface area contributed by atoms with Crippen LogP contribution in [0.15, 0.2) is 43.6 Å². The van der Waals surface area contributed by atoms with Crippen LogP contribution in [-0.4, -0.2) is 32.4 Å². The second kappa shape index (κ2) is 10.2. The molecule has 1 aromatic heterocycles. The molecule has 0 radical (unpaired) electrons. The minimum Gasteiger partial charge on any atom is -0.303 e. The molecule has 0 fully saturated rings. The van der Waals surface area contributed by atoms with Crippen LogP contribution in [0.2, 0.25) is 0 Å². The number of nitrogens with one attached hydrogen (secondary N) is 3. The Morgan fingerprint density at radius 3 is 2.62 bits per heavy atom. The highest BCUT2D eigenvalue weighted by molar-refractivity contribution is 9.10. The van der Waals surface area contributed by atoms with Gasteiger partial charge >= 0.3 is 0 Å². The third-order valence-corrected chi connectivity index (χ3v) is 7.13. The van der Waals surface area contributed by atoms with Gasteiger partial charge in [0.25, 0.3) is 0 Å². The Hall–Kier alpha value is -1.89. The number of rotatable bonds is 6. The first-order valence-electron chi connectivity index (χ1n) is 8.49. The maximum atomic E-state index is 12.6. The van der Waals surface area contributed by atoms with E-state index in [1.807, 2.05) is 36.6 Å². The van der Waals surface area contributed by atoms with Gasteiger partial charge in [0.2, 0.25) is 16.9 Å². The number of aromatic nitrogens is 2. The van der Waals surface area contributed by atoms with Crippen molar-refractivity contribution in [1.82, 2.24) is 20.9 Å². The van der Waals surface area contributed by atoms with Crippen molar-refractivity contribution in [2.75, 3.05) is 5.32 Å². The second-order valence-corrected chi connectivity index (χ2v) is 9.94. The molecule has 0 aliphatic carbocycles. The first-order chi connectivity index (χ1) is 13.9. The summed E-state index contributed by atoms with van der Waals surface area (Å²) >= 11 is 7.30. The zero-order valence-electron chi connectivity index (χ0n) is 15.4. The number of amides is 2. The van der Waals surface area contributed by atoms with Crippen molar-refractivity contribution in [2.45, 2.75) is 29.9 Å². The monoisotopic (exact) mass is 512 g/mol. The number of hydrogen-bond donors (Lipinski definition) is 3. The minimum atomic E-state index is -0.353. The topological polar surface area (TPSA) is 108 Å². The lowest BCUT2D eigenvalue weighted by Gasteiger charge is -2.17. The Morgan fingerprint density at radius 2 is 2.00 bits per heavy atom. The van der Waals surface area contributed by atoms with Crippen molar-refractivity contribution in [2.24, 2.45) is 5.10 Å². The van der Waals surface area contributed by atoms with E-state index in [-0.39, 0.29) is 17.1 Å². The van der Waals surface area contributed by atoms with Crippen LogP contribution in [0, 0.1) is 0 Å². The summed E-state index contributed by atoms with van der Waals surface area (Å²) in [6.07, 6.45) is 0.608. The zero-order chi connectivity index (χ0) is 20.8. The quantitative estimate of drug-likeness (QED) is 0.398. The average Bonchev–Trinajstić information content (AvgIpc) is 3.13. The van der Waals surface area contributed by atoms with E-state index in [4.69, 9.17) is 0 Å². The molecule has 0 saturated carbocycles. The van der Waals surface area contributed by atoms with Crippen LogP contribution in [0.25, 0.3) is 5.70 Å². The maximum Gasteiger partial charge on any atom is 0.239 e. The Kier molecular flexibility index (Phi) is 7.70. The lowest BCUT2D eigenvalue weighted by Crippen LogP contribution is -2.37. The van der Waals surface area contributed by atoms with Crippen molar-refractivity contribution in [3.8, 4) is 0 Å². The Bertz CT molecular complexity index is 960. The van der Waals surface area contributed by atoms with E-state index in [9.17, 15) is 9.59 Å². The fraction of sp³-hybridized carbons (Fsp3) is 0.235. The number of carbonyl (C=O) groups excluding carboxylic acids is 2. The van der Waals surface area contributed by atoms with Crippen molar-refractivity contribution in [3.63, 3.8) is 0 Å². The molecule has 29 heavy (non-hydrogen) atoms. The zero-order valence-corrected chi connectivity index (χ0v) is 19.5. The molecule has 3 N–H and O–H groups in total. The lowest BCUT2D eigenvalue weighted by atomic mass is 10.2. The molecule has 2 amide bonds. The van der Waals surface area contributed by atoms with E-state index >= 15 is 0 Å². The lowest BCUT2D eigenvalue weighted by molar-refractivity contribution is -0.119. The molecule has 1 aromatic carbocycles. The molecule has 1 atom stereocenters. The number of thioether (sulfide) groups is 2. The minimum absolute atomic E-state index is 0.165. The standard InChI is InChI=1S/C17H17BrN6O2S3/c1-3-13(28-17-24-23-16(29-17)19-9(2)25)14(26)20-15-22-21-12(8-27-15)10-4-6-11(18)7-5-10/h4-8,13,21H,3H2,1-2H3,(H,19,23,25)(H,20,22,26). The number of amidine groups is 1. The summed E-state index contributed by atoms with van der Waals surface area (Å²) in [5.74, 6) is -0.375. The first-order valence-corrected chi connectivity index (χ1v) is 11.9. The predicted octanol–water partition coefficient (Wildman–Crippen LogP) is 3.85. The van der Waals surface area contributed by atoms with Crippen LogP contribution in [0.4, 0.5) is 5.13 Å². The molecule has 8 nitrogen and oxygen atoms in total. The molecule has 0 spiro atoms. The molecular weight excluding hydrogens is 496 g/mol. The van der Waals surface area contributed by atoms with Crippen molar-refractivity contribution in [3.05, 3.63) is 39.7 Å². The summed E-state index contributed by atoms with van der Waals surface area (Å²) < 4.78 is 1.62. The van der Waals surface area contributed by atoms with Crippen molar-refractivity contribution < 1.29 is 9.59 Å². The SMILES string of the molecule is CCC(Sc1nnc(NC(C)=O)s1)C(=O)NC1=NNC(c2ccc(Br)cc2)=CS1. The molecule has 1 aliphatic rings. The molecule has 2 aromatic rings. The van der Waals surface area contributed by atoms with Crippen LogP contribution < -0.4 is 16.1 Å². The summed E-state index contributed by atoms with van der Waals surface area (Å²) in [7, 11) is 0. The molecule has 152 valence electrons. The summed E-state index contributed by atoms with van der Waals surface area (Å²) in [4.78, 5) is 23.7. The van der Waals surface area contributed by atoms with Crippen LogP contribution in [0.1, 0.15) is 25.8 Å². The Morgan fingerprint density at radius 1 is 1.24 bits per heavy atom. The number of carbonyl (C=O) groups is 2. The summed E-state index contributed by atoms with van der Waals surface area (Å²) in [6.45, 7) is 3.33. The van der Waals surface area contributed by atoms with Crippen LogP contribution >= 0.6 is 50.8 Å². The number of hydrogen-bond acceptors (Lipinski definition) is 9. The molecule has 12 heteroatoms. The van der Waals surface area contributed by atoms with E-state index in [0.717, 1.165) is 15.7 Å². The van der Waals surface area contributed by atoms with Gasteiger partial charge in [0, 0.05) is 22.4 Å². The number of halogens is 1. The van der Waals surface area contributed by atoms with Crippen molar-refractivity contribution >= 4 is 78.6 Å². The summed E-state index contributed by atoms with van der Waals surface area (Å²) in [5.41, 5.74) is 4.83. The first kappa shape index (κ1) is 21.8. The van der Waals surface area contributed by atoms with Gasteiger partial charge in [0.15, 0.2) is 9.51 Å². The maximum absolute atomic E-state index is 12.6. The molecule has 0 bridgehead atoms. The van der Waals surface area contributed by atoms with Gasteiger partial charge in [0.05, 0.1) is 10.9 Å². The number of benzene rings is 1. The Balaban J connectivity index is 1.55. The van der Waals surface area contributed by atoms with Gasteiger partial charge in [0.1, 0.15) is 0 Å². The molecular formula is C17H17BrN6O2S3. The normalized spacial score (nSPS) is 14.3. The van der Waals surface area contributed by atoms with E-state index in [1.54, 1.807) is 0 Å². The van der Waals surface area contributed by atoms with E-state index in [0.29, 0.717) is 21.1 Å². The predicted molar refractivity (Wildman–Crippen MR) is 123 cm³/mol. The second-order valence-electron chi connectivity index (χ2n) is 5.74. The molecule has 2 heterocycles. The summed E-state index contributed by atoms with van der Waals surface area (Å²) in [5, 5.41) is 20.0. The van der Waals surface area contributed by atoms with Gasteiger partial charge in [-0.1, -0.05) is 69.8 Å². The molecule has 1 unspecified atom stereocenters. The average molecular weight is 513 g/mol. The third kappa shape index (κ3) is 6.29. The highest BCUT2D eigenvalue weighted by atomic mass is 79.9. The van der Waals surface area contributed by atoms with Gasteiger partial charge < -0.3 is 10.6 Å². The van der Waals surface area contributed by atoms with Gasteiger partial charge in [-0.25, -0.2) is 0 Å². The number of hydrazone groups is 1. The third-order valence-electron chi connectivity index (χ3n) is 3.55. The van der Waals surface area contributed by atoms with Gasteiger partial charge in [-0.3, -0.25) is 15.0 Å². The largest absolute Gasteiger partial charge is 0.303 e. The summed E-state index contributed by atoms with van der Waals surface area (Å²) in [6, 6.07) is 7.86. The fourth-order valence-electron chi connectivity index (χ4n) is 2.19. The van der Waals surface area contributed by atoms with Gasteiger partial charge in [-0.15, -0.1) is 15.3 Å². The number of nitrogens with zero attached hydrogens (tertiary/aromatic N) is 3. The van der Waals surface area contributed by atoms with E-state index in [2.05, 4.69) is 47.3 Å². The van der Waals surface area contributed by atoms with E-state index in [1.165, 1.54) is 41.8 Å². The smallest absolute Gasteiger partial charge is 0.239 e. The fourth-order valence-corrected chi connectivity index (χ4v) is 5.09. The Labute approximate surface area is 188 Å².